The van der Waals surface area contributed by atoms with Gasteiger partial charge >= 0.3 is 0 Å². The third-order valence-corrected chi connectivity index (χ3v) is 3.04. The molecule has 1 fully saturated rings. The van der Waals surface area contributed by atoms with Crippen LogP contribution >= 0.6 is 0 Å². The molecule has 0 spiro atoms. The molecule has 2 heteroatoms. The minimum atomic E-state index is 0.533. The lowest BCUT2D eigenvalue weighted by molar-refractivity contribution is -0.0122. The average Bonchev–Trinajstić information content (AvgIpc) is 2.19. The van der Waals surface area contributed by atoms with Gasteiger partial charge in [-0.3, -0.25) is 0 Å². The molecule has 13 heavy (non-hydrogen) atoms. The van der Waals surface area contributed by atoms with Crippen LogP contribution in [0.5, 0.6) is 0 Å². The highest BCUT2D eigenvalue weighted by Gasteiger charge is 2.23. The Kier molecular flexibility index (Phi) is 5.40. The van der Waals surface area contributed by atoms with Gasteiger partial charge in [0, 0.05) is 6.61 Å². The first-order chi connectivity index (χ1) is 6.38. The predicted molar refractivity (Wildman–Crippen MR) is 55.7 cm³/mol. The molecule has 1 rings (SSSR count). The molecule has 0 amide bonds. The summed E-state index contributed by atoms with van der Waals surface area (Å²) in [7, 11) is 0. The first-order valence-electron chi connectivity index (χ1n) is 5.70. The maximum absolute atomic E-state index is 5.85. The van der Waals surface area contributed by atoms with Gasteiger partial charge in [-0.2, -0.15) is 0 Å². The Labute approximate surface area is 81.8 Å². The topological polar surface area (TPSA) is 35.2 Å². The second kappa shape index (κ2) is 6.39. The number of hydrogen-bond donors (Lipinski definition) is 1. The minimum Gasteiger partial charge on any atom is -0.378 e. The molecule has 0 aromatic carbocycles. The molecule has 78 valence electrons. The molecule has 0 aliphatic heterocycles. The van der Waals surface area contributed by atoms with Gasteiger partial charge in [-0.25, -0.2) is 0 Å². The van der Waals surface area contributed by atoms with E-state index in [0.29, 0.717) is 6.10 Å². The Morgan fingerprint density at radius 3 is 2.77 bits per heavy atom. The Hall–Kier alpha value is -0.0800. The van der Waals surface area contributed by atoms with E-state index in [1.165, 1.54) is 32.1 Å². The first kappa shape index (κ1) is 11.0. The first-order valence-corrected chi connectivity index (χ1v) is 5.70. The van der Waals surface area contributed by atoms with Crippen molar-refractivity contribution in [1.29, 1.82) is 0 Å². The van der Waals surface area contributed by atoms with E-state index in [-0.39, 0.29) is 0 Å². The second-order valence-electron chi connectivity index (χ2n) is 4.00. The second-order valence-corrected chi connectivity index (χ2v) is 4.00. The van der Waals surface area contributed by atoms with Gasteiger partial charge in [0.25, 0.3) is 0 Å². The van der Waals surface area contributed by atoms with Crippen LogP contribution in [0.4, 0.5) is 0 Å². The Balaban J connectivity index is 2.19. The zero-order chi connectivity index (χ0) is 9.52. The summed E-state index contributed by atoms with van der Waals surface area (Å²) in [6, 6.07) is 0. The SMILES string of the molecule is CCC1CCCCC1OCCCN. The highest BCUT2D eigenvalue weighted by atomic mass is 16.5. The van der Waals surface area contributed by atoms with Crippen LogP contribution in [0, 0.1) is 5.92 Å². The normalized spacial score (nSPS) is 29.1. The third-order valence-electron chi connectivity index (χ3n) is 3.04. The van der Waals surface area contributed by atoms with Crippen LogP contribution in [0.2, 0.25) is 0 Å². The van der Waals surface area contributed by atoms with E-state index in [9.17, 15) is 0 Å². The number of nitrogens with two attached hydrogens (primary N) is 1. The van der Waals surface area contributed by atoms with Crippen LogP contribution in [-0.4, -0.2) is 19.3 Å². The smallest absolute Gasteiger partial charge is 0.0603 e. The van der Waals surface area contributed by atoms with E-state index in [1.54, 1.807) is 0 Å². The lowest BCUT2D eigenvalue weighted by Crippen LogP contribution is -2.28. The molecule has 2 N–H and O–H groups in total. The molecule has 0 aromatic rings. The molecular weight excluding hydrogens is 162 g/mol. The summed E-state index contributed by atoms with van der Waals surface area (Å²) in [5, 5.41) is 0. The van der Waals surface area contributed by atoms with Gasteiger partial charge in [0.05, 0.1) is 6.10 Å². The molecule has 0 heterocycles. The monoisotopic (exact) mass is 185 g/mol. The molecule has 2 nitrogen and oxygen atoms in total. The summed E-state index contributed by atoms with van der Waals surface area (Å²) < 4.78 is 5.85. The van der Waals surface area contributed by atoms with Crippen molar-refractivity contribution in [3.63, 3.8) is 0 Å². The van der Waals surface area contributed by atoms with Gasteiger partial charge in [0.15, 0.2) is 0 Å². The van der Waals surface area contributed by atoms with Crippen LogP contribution in [0.3, 0.4) is 0 Å². The molecule has 0 aromatic heterocycles. The summed E-state index contributed by atoms with van der Waals surface area (Å²) in [6.45, 7) is 3.89. The largest absolute Gasteiger partial charge is 0.378 e. The fraction of sp³-hybridized carbons (Fsp3) is 1.00. The molecule has 0 radical (unpaired) electrons. The lowest BCUT2D eigenvalue weighted by Gasteiger charge is -2.30. The van der Waals surface area contributed by atoms with Crippen molar-refractivity contribution in [3.8, 4) is 0 Å². The molecule has 1 aliphatic carbocycles. The number of ether oxygens (including phenoxy) is 1. The Morgan fingerprint density at radius 1 is 1.31 bits per heavy atom. The van der Waals surface area contributed by atoms with Gasteiger partial charge in [-0.05, 0) is 31.7 Å². The van der Waals surface area contributed by atoms with E-state index < -0.39 is 0 Å². The zero-order valence-corrected chi connectivity index (χ0v) is 8.80. The summed E-state index contributed by atoms with van der Waals surface area (Å²) in [4.78, 5) is 0. The van der Waals surface area contributed by atoms with E-state index in [2.05, 4.69) is 6.92 Å². The highest BCUT2D eigenvalue weighted by molar-refractivity contribution is 4.74. The number of rotatable bonds is 5. The van der Waals surface area contributed by atoms with Crippen molar-refractivity contribution in [3.05, 3.63) is 0 Å². The average molecular weight is 185 g/mol. The van der Waals surface area contributed by atoms with Crippen molar-refractivity contribution < 1.29 is 4.74 Å². The standard InChI is InChI=1S/C11H23NO/c1-2-10-6-3-4-7-11(10)13-9-5-8-12/h10-11H,2-9,12H2,1H3. The molecule has 2 unspecified atom stereocenters. The molecule has 0 saturated heterocycles. The van der Waals surface area contributed by atoms with Crippen LogP contribution in [-0.2, 0) is 4.74 Å². The fourth-order valence-electron chi connectivity index (χ4n) is 2.18. The van der Waals surface area contributed by atoms with Crippen molar-refractivity contribution in [1.82, 2.24) is 0 Å². The lowest BCUT2D eigenvalue weighted by atomic mass is 9.85. The van der Waals surface area contributed by atoms with Crippen molar-refractivity contribution in [2.24, 2.45) is 11.7 Å². The van der Waals surface area contributed by atoms with Gasteiger partial charge in [-0.15, -0.1) is 0 Å². The summed E-state index contributed by atoms with van der Waals surface area (Å²) >= 11 is 0. The van der Waals surface area contributed by atoms with Crippen molar-refractivity contribution in [2.75, 3.05) is 13.2 Å². The quantitative estimate of drug-likeness (QED) is 0.667. The van der Waals surface area contributed by atoms with E-state index in [4.69, 9.17) is 10.5 Å². The van der Waals surface area contributed by atoms with E-state index in [0.717, 1.165) is 25.5 Å². The van der Waals surface area contributed by atoms with E-state index in [1.807, 2.05) is 0 Å². The molecule has 0 bridgehead atoms. The molecule has 2 atom stereocenters. The predicted octanol–water partition coefficient (Wildman–Crippen LogP) is 2.32. The number of hydrogen-bond acceptors (Lipinski definition) is 2. The third kappa shape index (κ3) is 3.65. The van der Waals surface area contributed by atoms with E-state index >= 15 is 0 Å². The van der Waals surface area contributed by atoms with Crippen LogP contribution in [0.25, 0.3) is 0 Å². The van der Waals surface area contributed by atoms with Gasteiger partial charge in [0.2, 0.25) is 0 Å². The summed E-state index contributed by atoms with van der Waals surface area (Å²) in [5.41, 5.74) is 5.43. The van der Waals surface area contributed by atoms with Crippen LogP contribution in [0.15, 0.2) is 0 Å². The van der Waals surface area contributed by atoms with Crippen molar-refractivity contribution in [2.45, 2.75) is 51.6 Å². The highest BCUT2D eigenvalue weighted by Crippen LogP contribution is 2.28. The zero-order valence-electron chi connectivity index (χ0n) is 8.80. The Morgan fingerprint density at radius 2 is 2.08 bits per heavy atom. The minimum absolute atomic E-state index is 0.533. The maximum Gasteiger partial charge on any atom is 0.0603 e. The summed E-state index contributed by atoms with van der Waals surface area (Å²) in [5.74, 6) is 0.812. The fourth-order valence-corrected chi connectivity index (χ4v) is 2.18. The molecule has 1 saturated carbocycles. The molecule has 1 aliphatic rings. The maximum atomic E-state index is 5.85. The van der Waals surface area contributed by atoms with Crippen LogP contribution < -0.4 is 5.73 Å². The van der Waals surface area contributed by atoms with Gasteiger partial charge in [-0.1, -0.05) is 26.2 Å². The van der Waals surface area contributed by atoms with Gasteiger partial charge < -0.3 is 10.5 Å². The Bertz CT molecular complexity index is 127. The van der Waals surface area contributed by atoms with Gasteiger partial charge in [0.1, 0.15) is 0 Å². The molecular formula is C11H23NO. The van der Waals surface area contributed by atoms with Crippen molar-refractivity contribution >= 4 is 0 Å². The summed E-state index contributed by atoms with van der Waals surface area (Å²) in [6.07, 6.45) is 8.19. The van der Waals surface area contributed by atoms with Crippen LogP contribution in [0.1, 0.15) is 45.4 Å².